The summed E-state index contributed by atoms with van der Waals surface area (Å²) in [7, 11) is 0. The van der Waals surface area contributed by atoms with Gasteiger partial charge in [0.1, 0.15) is 11.4 Å². The van der Waals surface area contributed by atoms with Gasteiger partial charge in [0.15, 0.2) is 0 Å². The summed E-state index contributed by atoms with van der Waals surface area (Å²) >= 11 is 0. The molecule has 5 heteroatoms. The van der Waals surface area contributed by atoms with Crippen molar-refractivity contribution in [3.05, 3.63) is 53.7 Å². The van der Waals surface area contributed by atoms with Crippen LogP contribution in [0.4, 0.5) is 0 Å². The van der Waals surface area contributed by atoms with Gasteiger partial charge in [-0.1, -0.05) is 0 Å². The molecule has 0 radical (unpaired) electrons. The first kappa shape index (κ1) is 13.3. The molecule has 2 aromatic heterocycles. The summed E-state index contributed by atoms with van der Waals surface area (Å²) in [6.07, 6.45) is 4.65. The van der Waals surface area contributed by atoms with Crippen LogP contribution in [0.3, 0.4) is 0 Å². The molecule has 0 fully saturated rings. The largest absolute Gasteiger partial charge is 0.466 e. The summed E-state index contributed by atoms with van der Waals surface area (Å²) < 4.78 is 5.14. The second-order valence-corrected chi connectivity index (χ2v) is 4.68. The summed E-state index contributed by atoms with van der Waals surface area (Å²) in [5.74, 6) is 0.137. The van der Waals surface area contributed by atoms with Crippen LogP contribution in [-0.4, -0.2) is 22.5 Å². The van der Waals surface area contributed by atoms with E-state index in [1.807, 2.05) is 6.92 Å². The normalized spacial score (nSPS) is 13.8. The molecule has 2 rings (SSSR count). The van der Waals surface area contributed by atoms with Gasteiger partial charge in [-0.2, -0.15) is 0 Å². The molecule has 0 aliphatic heterocycles. The zero-order valence-electron chi connectivity index (χ0n) is 10.9. The molecule has 19 heavy (non-hydrogen) atoms. The zero-order chi connectivity index (χ0) is 13.9. The summed E-state index contributed by atoms with van der Waals surface area (Å²) in [6, 6.07) is 5.10. The average molecular weight is 260 g/mol. The molecule has 0 saturated carbocycles. The fraction of sp³-hybridized carbons (Fsp3) is 0.286. The zero-order valence-corrected chi connectivity index (χ0v) is 10.9. The third-order valence-electron chi connectivity index (χ3n) is 2.78. The minimum Gasteiger partial charge on any atom is -0.466 e. The van der Waals surface area contributed by atoms with E-state index in [4.69, 9.17) is 4.42 Å². The number of carbonyl (C=O) groups excluding carboxylic acids is 1. The van der Waals surface area contributed by atoms with Crippen molar-refractivity contribution in [1.82, 2.24) is 10.3 Å². The molecule has 0 saturated heterocycles. The van der Waals surface area contributed by atoms with Crippen LogP contribution in [0.1, 0.15) is 28.6 Å². The number of rotatable bonds is 4. The molecule has 0 bridgehead atoms. The number of pyridine rings is 1. The molecule has 5 nitrogen and oxygen atoms in total. The van der Waals surface area contributed by atoms with Gasteiger partial charge in [-0.15, -0.1) is 0 Å². The molecule has 0 aliphatic carbocycles. The van der Waals surface area contributed by atoms with Gasteiger partial charge in [0.05, 0.1) is 18.4 Å². The van der Waals surface area contributed by atoms with E-state index in [2.05, 4.69) is 10.3 Å². The van der Waals surface area contributed by atoms with Crippen molar-refractivity contribution in [2.24, 2.45) is 0 Å². The Morgan fingerprint density at radius 1 is 1.53 bits per heavy atom. The molecule has 2 aromatic rings. The van der Waals surface area contributed by atoms with Gasteiger partial charge < -0.3 is 14.8 Å². The second kappa shape index (κ2) is 5.24. The van der Waals surface area contributed by atoms with E-state index in [-0.39, 0.29) is 12.5 Å². The highest BCUT2D eigenvalue weighted by atomic mass is 16.4. The maximum absolute atomic E-state index is 11.9. The van der Waals surface area contributed by atoms with Crippen LogP contribution < -0.4 is 5.32 Å². The molecule has 2 N–H and O–H groups in total. The van der Waals surface area contributed by atoms with Crippen molar-refractivity contribution >= 4 is 5.91 Å². The lowest BCUT2D eigenvalue weighted by Crippen LogP contribution is -2.38. The van der Waals surface area contributed by atoms with Gasteiger partial charge in [-0.25, -0.2) is 0 Å². The number of nitrogens with one attached hydrogen (secondary N) is 1. The van der Waals surface area contributed by atoms with Crippen molar-refractivity contribution < 1.29 is 14.3 Å². The molecule has 2 heterocycles. The van der Waals surface area contributed by atoms with Crippen molar-refractivity contribution in [3.63, 3.8) is 0 Å². The van der Waals surface area contributed by atoms with E-state index in [0.717, 1.165) is 5.56 Å². The number of carbonyl (C=O) groups is 1. The van der Waals surface area contributed by atoms with Crippen molar-refractivity contribution in [3.8, 4) is 0 Å². The third kappa shape index (κ3) is 3.20. The third-order valence-corrected chi connectivity index (χ3v) is 2.78. The smallest absolute Gasteiger partial charge is 0.252 e. The summed E-state index contributed by atoms with van der Waals surface area (Å²) in [4.78, 5) is 15.9. The summed E-state index contributed by atoms with van der Waals surface area (Å²) in [5, 5.41) is 12.9. The van der Waals surface area contributed by atoms with E-state index in [9.17, 15) is 9.90 Å². The minimum atomic E-state index is -1.24. The maximum atomic E-state index is 11.9. The fourth-order valence-corrected chi connectivity index (χ4v) is 1.71. The maximum Gasteiger partial charge on any atom is 0.252 e. The monoisotopic (exact) mass is 260 g/mol. The first-order valence-corrected chi connectivity index (χ1v) is 5.95. The van der Waals surface area contributed by atoms with Gasteiger partial charge >= 0.3 is 0 Å². The number of aliphatic hydroxyl groups is 1. The Kier molecular flexibility index (Phi) is 3.66. The lowest BCUT2D eigenvalue weighted by atomic mass is 10.0. The number of hydrogen-bond acceptors (Lipinski definition) is 4. The molecular formula is C14H16N2O3. The number of aryl methyl sites for hydroxylation is 1. The molecule has 0 aromatic carbocycles. The standard InChI is InChI=1S/C14H16N2O3/c1-10-6-11(8-15-7-10)13(17)16-9-14(2,18)12-4-3-5-19-12/h3-8,18H,9H2,1-2H3,(H,16,17). The van der Waals surface area contributed by atoms with Gasteiger partial charge in [0, 0.05) is 12.4 Å². The van der Waals surface area contributed by atoms with Crippen LogP contribution in [-0.2, 0) is 5.60 Å². The van der Waals surface area contributed by atoms with Crippen LogP contribution in [0.5, 0.6) is 0 Å². The number of nitrogens with zero attached hydrogens (tertiary/aromatic N) is 1. The topological polar surface area (TPSA) is 75.4 Å². The minimum absolute atomic E-state index is 0.0628. The fourth-order valence-electron chi connectivity index (χ4n) is 1.71. The van der Waals surface area contributed by atoms with Crippen molar-refractivity contribution in [2.45, 2.75) is 19.4 Å². The Morgan fingerprint density at radius 3 is 2.95 bits per heavy atom. The number of furan rings is 1. The number of amides is 1. The van der Waals surface area contributed by atoms with E-state index < -0.39 is 5.60 Å². The van der Waals surface area contributed by atoms with E-state index in [1.165, 1.54) is 12.5 Å². The van der Waals surface area contributed by atoms with Crippen LogP contribution in [0.15, 0.2) is 41.3 Å². The summed E-state index contributed by atoms with van der Waals surface area (Å²) in [6.45, 7) is 3.51. The second-order valence-electron chi connectivity index (χ2n) is 4.68. The quantitative estimate of drug-likeness (QED) is 0.876. The predicted octanol–water partition coefficient (Wildman–Crippen LogP) is 1.62. The molecular weight excluding hydrogens is 244 g/mol. The van der Waals surface area contributed by atoms with Crippen molar-refractivity contribution in [2.75, 3.05) is 6.54 Å². The van der Waals surface area contributed by atoms with E-state index in [0.29, 0.717) is 11.3 Å². The lowest BCUT2D eigenvalue weighted by molar-refractivity contribution is 0.0330. The van der Waals surface area contributed by atoms with Crippen LogP contribution in [0.2, 0.25) is 0 Å². The highest BCUT2D eigenvalue weighted by Gasteiger charge is 2.26. The Balaban J connectivity index is 2.01. The van der Waals surface area contributed by atoms with Gasteiger partial charge in [0.25, 0.3) is 5.91 Å². The Morgan fingerprint density at radius 2 is 2.32 bits per heavy atom. The first-order chi connectivity index (χ1) is 8.99. The van der Waals surface area contributed by atoms with E-state index in [1.54, 1.807) is 31.3 Å². The molecule has 1 amide bonds. The molecule has 100 valence electrons. The van der Waals surface area contributed by atoms with Gasteiger partial charge in [-0.3, -0.25) is 9.78 Å². The van der Waals surface area contributed by atoms with Crippen LogP contribution in [0, 0.1) is 6.92 Å². The lowest BCUT2D eigenvalue weighted by Gasteiger charge is -2.21. The Labute approximate surface area is 111 Å². The molecule has 0 aliphatic rings. The van der Waals surface area contributed by atoms with Gasteiger partial charge in [0.2, 0.25) is 0 Å². The summed E-state index contributed by atoms with van der Waals surface area (Å²) in [5.41, 5.74) is 0.136. The predicted molar refractivity (Wildman–Crippen MR) is 69.6 cm³/mol. The molecule has 1 unspecified atom stereocenters. The number of hydrogen-bond donors (Lipinski definition) is 2. The molecule has 1 atom stereocenters. The Bertz CT molecular complexity index is 562. The van der Waals surface area contributed by atoms with Gasteiger partial charge in [-0.05, 0) is 37.6 Å². The van der Waals surface area contributed by atoms with Crippen LogP contribution >= 0.6 is 0 Å². The molecule has 0 spiro atoms. The SMILES string of the molecule is Cc1cncc(C(=O)NCC(C)(O)c2ccco2)c1. The van der Waals surface area contributed by atoms with Crippen LogP contribution in [0.25, 0.3) is 0 Å². The number of aromatic nitrogens is 1. The van der Waals surface area contributed by atoms with Crippen molar-refractivity contribution in [1.29, 1.82) is 0 Å². The highest BCUT2D eigenvalue weighted by molar-refractivity contribution is 5.94. The highest BCUT2D eigenvalue weighted by Crippen LogP contribution is 2.19. The Hall–Kier alpha value is -2.14. The van der Waals surface area contributed by atoms with E-state index >= 15 is 0 Å². The average Bonchev–Trinajstić information content (AvgIpc) is 2.90. The first-order valence-electron chi connectivity index (χ1n) is 5.95.